The molecule has 2 N–H and O–H groups in total. The van der Waals surface area contributed by atoms with E-state index in [1.54, 1.807) is 30.3 Å². The average Bonchev–Trinajstić information content (AvgIpc) is 3.11. The van der Waals surface area contributed by atoms with Gasteiger partial charge in [0.1, 0.15) is 0 Å². The summed E-state index contributed by atoms with van der Waals surface area (Å²) in [5.41, 5.74) is 10.2. The number of ketones is 1. The van der Waals surface area contributed by atoms with Gasteiger partial charge in [-0.2, -0.15) is 0 Å². The van der Waals surface area contributed by atoms with E-state index >= 15 is 0 Å². The van der Waals surface area contributed by atoms with Crippen LogP contribution >= 0.6 is 46.1 Å². The number of benzene rings is 3. The first kappa shape index (κ1) is 22.7. The van der Waals surface area contributed by atoms with Crippen LogP contribution < -0.4 is 10.6 Å². The van der Waals surface area contributed by atoms with Crippen molar-refractivity contribution in [1.82, 2.24) is 0 Å². The van der Waals surface area contributed by atoms with Crippen LogP contribution in [0.4, 0.5) is 10.7 Å². The van der Waals surface area contributed by atoms with Crippen LogP contribution in [0.5, 0.6) is 0 Å². The lowest BCUT2D eigenvalue weighted by atomic mass is 9.97. The Morgan fingerprint density at radius 3 is 2.28 bits per heavy atom. The normalized spacial score (nSPS) is 10.9. The number of halogens is 3. The second kappa shape index (κ2) is 9.55. The Bertz CT molecular complexity index is 1270. The molecule has 0 spiro atoms. The number of nitrogens with zero attached hydrogens (tertiary/aromatic N) is 1. The molecule has 0 fully saturated rings. The molecule has 32 heavy (non-hydrogen) atoms. The van der Waals surface area contributed by atoms with E-state index < -0.39 is 0 Å². The molecule has 1 aromatic heterocycles. The van der Waals surface area contributed by atoms with Crippen LogP contribution in [-0.4, -0.2) is 12.8 Å². The lowest BCUT2D eigenvalue weighted by Crippen LogP contribution is -2.19. The zero-order valence-corrected chi connectivity index (χ0v) is 20.2. The molecule has 7 heteroatoms. The number of anilines is 2. The maximum Gasteiger partial charge on any atom is 0.196 e. The fraction of sp³-hybridized carbons (Fsp3) is 0.0800. The molecule has 0 saturated carbocycles. The maximum atomic E-state index is 13.5. The monoisotopic (exact) mass is 500 g/mol. The molecule has 0 amide bonds. The van der Waals surface area contributed by atoms with Crippen molar-refractivity contribution in [3.8, 4) is 10.4 Å². The van der Waals surface area contributed by atoms with Crippen LogP contribution in [0.2, 0.25) is 15.1 Å². The van der Waals surface area contributed by atoms with Gasteiger partial charge < -0.3 is 10.6 Å². The Hall–Kier alpha value is -2.50. The standard InChI is InChI=1S/C25H19Cl3N2OS/c1-30(18-11-12-20(27)21(28)13-18)14-19-22(23(31)15-7-9-17(26)10-8-15)25(29)32-24(19)16-5-3-2-4-6-16/h2-13H,14,29H2,1H3. The highest BCUT2D eigenvalue weighted by Crippen LogP contribution is 2.41. The highest BCUT2D eigenvalue weighted by atomic mass is 35.5. The van der Waals surface area contributed by atoms with Crippen molar-refractivity contribution >= 4 is 62.6 Å². The summed E-state index contributed by atoms with van der Waals surface area (Å²) < 4.78 is 0. The van der Waals surface area contributed by atoms with Gasteiger partial charge in [0, 0.05) is 40.3 Å². The minimum Gasteiger partial charge on any atom is -0.390 e. The minimum absolute atomic E-state index is 0.130. The molecular formula is C25H19Cl3N2OS. The van der Waals surface area contributed by atoms with E-state index in [1.165, 1.54) is 11.3 Å². The van der Waals surface area contributed by atoms with Gasteiger partial charge in [0.2, 0.25) is 0 Å². The van der Waals surface area contributed by atoms with Crippen LogP contribution in [-0.2, 0) is 6.54 Å². The predicted octanol–water partition coefficient (Wildman–Crippen LogP) is 7.82. The third kappa shape index (κ3) is 4.64. The topological polar surface area (TPSA) is 46.3 Å². The Morgan fingerprint density at radius 2 is 1.62 bits per heavy atom. The van der Waals surface area contributed by atoms with Crippen molar-refractivity contribution in [2.75, 3.05) is 17.7 Å². The van der Waals surface area contributed by atoms with Crippen molar-refractivity contribution in [2.24, 2.45) is 0 Å². The summed E-state index contributed by atoms with van der Waals surface area (Å²) in [5.74, 6) is -0.130. The highest BCUT2D eigenvalue weighted by Gasteiger charge is 2.25. The zero-order chi connectivity index (χ0) is 22.8. The van der Waals surface area contributed by atoms with Crippen LogP contribution in [0.15, 0.2) is 72.8 Å². The summed E-state index contributed by atoms with van der Waals surface area (Å²) in [4.78, 5) is 16.5. The third-order valence-corrected chi connectivity index (χ3v) is 7.24. The van der Waals surface area contributed by atoms with Crippen LogP contribution in [0.3, 0.4) is 0 Å². The molecule has 0 atom stereocenters. The van der Waals surface area contributed by atoms with E-state index in [0.717, 1.165) is 21.7 Å². The third-order valence-electron chi connectivity index (χ3n) is 5.14. The molecular weight excluding hydrogens is 483 g/mol. The van der Waals surface area contributed by atoms with Crippen LogP contribution in [0.1, 0.15) is 21.5 Å². The van der Waals surface area contributed by atoms with E-state index in [2.05, 4.69) is 0 Å². The van der Waals surface area contributed by atoms with Gasteiger partial charge >= 0.3 is 0 Å². The summed E-state index contributed by atoms with van der Waals surface area (Å²) in [5, 5.41) is 2.03. The number of hydrogen-bond acceptors (Lipinski definition) is 4. The van der Waals surface area contributed by atoms with E-state index in [1.807, 2.05) is 54.4 Å². The Kier molecular flexibility index (Phi) is 6.77. The Balaban J connectivity index is 1.81. The van der Waals surface area contributed by atoms with E-state index in [-0.39, 0.29) is 5.78 Å². The average molecular weight is 502 g/mol. The molecule has 0 radical (unpaired) electrons. The van der Waals surface area contributed by atoms with Crippen molar-refractivity contribution in [3.05, 3.63) is 105 Å². The second-order valence-corrected chi connectivity index (χ2v) is 9.61. The number of thiophene rings is 1. The van der Waals surface area contributed by atoms with Crippen molar-refractivity contribution in [2.45, 2.75) is 6.54 Å². The fourth-order valence-electron chi connectivity index (χ4n) is 3.50. The van der Waals surface area contributed by atoms with Gasteiger partial charge in [-0.25, -0.2) is 0 Å². The number of nitrogen functional groups attached to an aromatic ring is 1. The van der Waals surface area contributed by atoms with Crippen LogP contribution in [0, 0.1) is 0 Å². The molecule has 0 saturated heterocycles. The highest BCUT2D eigenvalue weighted by molar-refractivity contribution is 7.20. The van der Waals surface area contributed by atoms with Gasteiger partial charge in [-0.15, -0.1) is 11.3 Å². The van der Waals surface area contributed by atoms with E-state index in [9.17, 15) is 4.79 Å². The summed E-state index contributed by atoms with van der Waals surface area (Å²) in [6.07, 6.45) is 0. The van der Waals surface area contributed by atoms with Crippen molar-refractivity contribution in [3.63, 3.8) is 0 Å². The lowest BCUT2D eigenvalue weighted by Gasteiger charge is -2.21. The summed E-state index contributed by atoms with van der Waals surface area (Å²) in [6.45, 7) is 0.463. The lowest BCUT2D eigenvalue weighted by molar-refractivity contribution is 0.103. The molecule has 3 nitrogen and oxygen atoms in total. The molecule has 4 rings (SSSR count). The first-order valence-corrected chi connectivity index (χ1v) is 11.7. The smallest absolute Gasteiger partial charge is 0.196 e. The Labute approximate surface area is 206 Å². The fourth-order valence-corrected chi connectivity index (χ4v) is 5.00. The largest absolute Gasteiger partial charge is 0.390 e. The van der Waals surface area contributed by atoms with Gasteiger partial charge in [0.05, 0.1) is 20.6 Å². The molecule has 0 aliphatic heterocycles. The van der Waals surface area contributed by atoms with Crippen LogP contribution in [0.25, 0.3) is 10.4 Å². The number of nitrogens with two attached hydrogens (primary N) is 1. The quantitative estimate of drug-likeness (QED) is 0.274. The first-order valence-electron chi connectivity index (χ1n) is 9.78. The van der Waals surface area contributed by atoms with Crippen molar-refractivity contribution < 1.29 is 4.79 Å². The molecule has 0 aliphatic rings. The van der Waals surface area contributed by atoms with Gasteiger partial charge in [-0.1, -0.05) is 65.1 Å². The van der Waals surface area contributed by atoms with Gasteiger partial charge in [-0.3, -0.25) is 4.79 Å². The molecule has 0 aliphatic carbocycles. The molecule has 4 aromatic rings. The maximum absolute atomic E-state index is 13.5. The second-order valence-electron chi connectivity index (χ2n) is 7.31. The summed E-state index contributed by atoms with van der Waals surface area (Å²) in [7, 11) is 1.94. The first-order chi connectivity index (χ1) is 15.3. The summed E-state index contributed by atoms with van der Waals surface area (Å²) >= 11 is 19.7. The minimum atomic E-state index is -0.130. The number of hydrogen-bond donors (Lipinski definition) is 1. The zero-order valence-electron chi connectivity index (χ0n) is 17.1. The molecule has 0 unspecified atom stereocenters. The SMILES string of the molecule is CN(Cc1c(-c2ccccc2)sc(N)c1C(=O)c1ccc(Cl)cc1)c1ccc(Cl)c(Cl)c1. The number of rotatable bonds is 6. The van der Waals surface area contributed by atoms with E-state index in [4.69, 9.17) is 40.5 Å². The molecule has 1 heterocycles. The van der Waals surface area contributed by atoms with E-state index in [0.29, 0.717) is 37.7 Å². The van der Waals surface area contributed by atoms with Gasteiger partial charge in [0.15, 0.2) is 5.78 Å². The Morgan fingerprint density at radius 1 is 0.938 bits per heavy atom. The molecule has 162 valence electrons. The molecule has 0 bridgehead atoms. The number of carbonyl (C=O) groups is 1. The summed E-state index contributed by atoms with van der Waals surface area (Å²) in [6, 6.07) is 22.2. The van der Waals surface area contributed by atoms with Gasteiger partial charge in [-0.05, 0) is 48.0 Å². The van der Waals surface area contributed by atoms with Gasteiger partial charge in [0.25, 0.3) is 0 Å². The molecule has 3 aromatic carbocycles. The number of carbonyl (C=O) groups excluding carboxylic acids is 1. The predicted molar refractivity (Wildman–Crippen MR) is 138 cm³/mol. The van der Waals surface area contributed by atoms with Crippen molar-refractivity contribution in [1.29, 1.82) is 0 Å².